The molecule has 4 nitrogen and oxygen atoms in total. The molecule has 2 aromatic heterocycles. The molecule has 1 N–H and O–H groups in total. The molecule has 0 aliphatic heterocycles. The van der Waals surface area contributed by atoms with E-state index in [2.05, 4.69) is 26.2 Å². The largest absolute Gasteiger partial charge is 0.378 e. The van der Waals surface area contributed by atoms with Crippen LogP contribution in [0.3, 0.4) is 0 Å². The van der Waals surface area contributed by atoms with Crippen LogP contribution in [0, 0.1) is 0 Å². The maximum atomic E-state index is 11.4. The van der Waals surface area contributed by atoms with Crippen molar-refractivity contribution in [2.45, 2.75) is 20.0 Å². The Morgan fingerprint density at radius 3 is 2.83 bits per heavy atom. The molecule has 0 amide bonds. The van der Waals surface area contributed by atoms with Crippen LogP contribution < -0.4 is 10.9 Å². The molecule has 0 aromatic carbocycles. The van der Waals surface area contributed by atoms with Gasteiger partial charge in [-0.2, -0.15) is 0 Å². The second kappa shape index (κ2) is 5.82. The summed E-state index contributed by atoms with van der Waals surface area (Å²) in [4.78, 5) is 15.7. The number of aryl methyl sites for hydroxylation is 1. The van der Waals surface area contributed by atoms with Crippen molar-refractivity contribution in [2.75, 3.05) is 5.32 Å². The highest BCUT2D eigenvalue weighted by atomic mass is 79.9. The van der Waals surface area contributed by atoms with Gasteiger partial charge in [-0.3, -0.25) is 9.78 Å². The van der Waals surface area contributed by atoms with Crippen LogP contribution in [-0.2, 0) is 13.1 Å². The molecular weight excluding hydrogens is 294 g/mol. The van der Waals surface area contributed by atoms with Crippen LogP contribution in [0.2, 0.25) is 0 Å². The number of pyridine rings is 2. The van der Waals surface area contributed by atoms with Crippen molar-refractivity contribution < 1.29 is 0 Å². The fourth-order valence-corrected chi connectivity index (χ4v) is 1.82. The molecule has 0 saturated carbocycles. The van der Waals surface area contributed by atoms with Crippen LogP contribution in [0.4, 0.5) is 5.69 Å². The van der Waals surface area contributed by atoms with Crippen molar-refractivity contribution in [3.8, 4) is 0 Å². The molecule has 0 saturated heterocycles. The molecule has 0 aliphatic carbocycles. The molecule has 0 radical (unpaired) electrons. The molecule has 0 unspecified atom stereocenters. The minimum Gasteiger partial charge on any atom is -0.378 e. The Morgan fingerprint density at radius 2 is 2.17 bits per heavy atom. The van der Waals surface area contributed by atoms with E-state index in [1.807, 2.05) is 25.3 Å². The number of hydrogen-bond acceptors (Lipinski definition) is 3. The highest BCUT2D eigenvalue weighted by Crippen LogP contribution is 2.09. The molecular formula is C13H14BrN3O. The predicted molar refractivity (Wildman–Crippen MR) is 75.6 cm³/mol. The van der Waals surface area contributed by atoms with E-state index in [9.17, 15) is 4.79 Å². The van der Waals surface area contributed by atoms with Crippen molar-refractivity contribution in [1.82, 2.24) is 9.55 Å². The first-order chi connectivity index (χ1) is 8.69. The average molecular weight is 308 g/mol. The average Bonchev–Trinajstić information content (AvgIpc) is 2.39. The molecule has 0 fully saturated rings. The fourth-order valence-electron chi connectivity index (χ4n) is 1.59. The van der Waals surface area contributed by atoms with Gasteiger partial charge in [0.1, 0.15) is 0 Å². The first-order valence-electron chi connectivity index (χ1n) is 5.74. The number of aromatic nitrogens is 2. The van der Waals surface area contributed by atoms with E-state index in [0.29, 0.717) is 13.1 Å². The first-order valence-corrected chi connectivity index (χ1v) is 6.53. The highest BCUT2D eigenvalue weighted by Gasteiger charge is 1.98. The highest BCUT2D eigenvalue weighted by molar-refractivity contribution is 9.10. The van der Waals surface area contributed by atoms with E-state index in [1.165, 1.54) is 0 Å². The molecule has 0 atom stereocenters. The number of halogens is 1. The van der Waals surface area contributed by atoms with E-state index >= 15 is 0 Å². The van der Waals surface area contributed by atoms with Gasteiger partial charge in [0.15, 0.2) is 0 Å². The van der Waals surface area contributed by atoms with Gasteiger partial charge in [-0.25, -0.2) is 0 Å². The van der Waals surface area contributed by atoms with Crippen LogP contribution in [0.1, 0.15) is 12.6 Å². The lowest BCUT2D eigenvalue weighted by atomic mass is 10.3. The van der Waals surface area contributed by atoms with Crippen molar-refractivity contribution in [3.05, 3.63) is 57.2 Å². The molecule has 18 heavy (non-hydrogen) atoms. The predicted octanol–water partition coefficient (Wildman–Crippen LogP) is 2.64. The van der Waals surface area contributed by atoms with Crippen LogP contribution in [0.15, 0.2) is 45.9 Å². The van der Waals surface area contributed by atoms with Gasteiger partial charge in [0.2, 0.25) is 0 Å². The van der Waals surface area contributed by atoms with Gasteiger partial charge in [0.05, 0.1) is 17.9 Å². The summed E-state index contributed by atoms with van der Waals surface area (Å²) in [6, 6.07) is 7.26. The summed E-state index contributed by atoms with van der Waals surface area (Å²) >= 11 is 3.35. The maximum absolute atomic E-state index is 11.4. The number of rotatable bonds is 4. The number of nitrogens with zero attached hydrogens (tertiary/aromatic N) is 2. The van der Waals surface area contributed by atoms with Crippen molar-refractivity contribution in [1.29, 1.82) is 0 Å². The molecule has 2 aromatic rings. The van der Waals surface area contributed by atoms with Gasteiger partial charge >= 0.3 is 0 Å². The van der Waals surface area contributed by atoms with E-state index in [-0.39, 0.29) is 5.56 Å². The van der Waals surface area contributed by atoms with Crippen LogP contribution >= 0.6 is 15.9 Å². The van der Waals surface area contributed by atoms with Gasteiger partial charge < -0.3 is 9.88 Å². The Morgan fingerprint density at radius 1 is 1.33 bits per heavy atom. The summed E-state index contributed by atoms with van der Waals surface area (Å²) in [7, 11) is 0. The summed E-state index contributed by atoms with van der Waals surface area (Å²) in [6.45, 7) is 3.25. The minimum atomic E-state index is 0.0183. The minimum absolute atomic E-state index is 0.0183. The smallest absolute Gasteiger partial charge is 0.250 e. The molecule has 2 rings (SSSR count). The Kier molecular flexibility index (Phi) is 4.15. The number of anilines is 1. The molecule has 0 aliphatic rings. The molecule has 0 bridgehead atoms. The Balaban J connectivity index is 2.06. The summed E-state index contributed by atoms with van der Waals surface area (Å²) < 4.78 is 2.63. The zero-order valence-corrected chi connectivity index (χ0v) is 11.6. The summed E-state index contributed by atoms with van der Waals surface area (Å²) in [6.07, 6.45) is 3.59. The standard InChI is InChI=1S/C13H14BrN3O/c1-2-17-9-12(5-6-13(17)18)16-8-11-4-3-10(14)7-15-11/h3-7,9,16H,2,8H2,1H3. The lowest BCUT2D eigenvalue weighted by Crippen LogP contribution is -2.17. The third-order valence-corrected chi connectivity index (χ3v) is 3.06. The maximum Gasteiger partial charge on any atom is 0.250 e. The third kappa shape index (κ3) is 3.20. The zero-order valence-electron chi connectivity index (χ0n) is 10.1. The van der Waals surface area contributed by atoms with E-state index in [4.69, 9.17) is 0 Å². The monoisotopic (exact) mass is 307 g/mol. The molecule has 0 spiro atoms. The van der Waals surface area contributed by atoms with Gasteiger partial charge in [-0.1, -0.05) is 0 Å². The molecule has 5 heteroatoms. The second-order valence-corrected chi connectivity index (χ2v) is 4.78. The number of nitrogens with one attached hydrogen (secondary N) is 1. The Labute approximate surface area is 114 Å². The lowest BCUT2D eigenvalue weighted by Gasteiger charge is -2.08. The van der Waals surface area contributed by atoms with Crippen LogP contribution in [0.25, 0.3) is 0 Å². The summed E-state index contributed by atoms with van der Waals surface area (Å²) in [5.41, 5.74) is 1.89. The quantitative estimate of drug-likeness (QED) is 0.944. The zero-order chi connectivity index (χ0) is 13.0. The number of hydrogen-bond donors (Lipinski definition) is 1. The van der Waals surface area contributed by atoms with E-state index < -0.39 is 0 Å². The summed E-state index contributed by atoms with van der Waals surface area (Å²) in [5, 5.41) is 3.24. The normalized spacial score (nSPS) is 10.3. The van der Waals surface area contributed by atoms with E-state index in [0.717, 1.165) is 15.9 Å². The molecule has 2 heterocycles. The van der Waals surface area contributed by atoms with Crippen molar-refractivity contribution in [2.24, 2.45) is 0 Å². The first kappa shape index (κ1) is 12.8. The second-order valence-electron chi connectivity index (χ2n) is 3.86. The topological polar surface area (TPSA) is 46.9 Å². The summed E-state index contributed by atoms with van der Waals surface area (Å²) in [5.74, 6) is 0. The Hall–Kier alpha value is -1.62. The third-order valence-electron chi connectivity index (χ3n) is 2.59. The van der Waals surface area contributed by atoms with E-state index in [1.54, 1.807) is 22.9 Å². The molecule has 94 valence electrons. The van der Waals surface area contributed by atoms with Gasteiger partial charge in [-0.15, -0.1) is 0 Å². The Bertz CT molecular complexity index is 578. The van der Waals surface area contributed by atoms with Gasteiger partial charge in [-0.05, 0) is 41.1 Å². The van der Waals surface area contributed by atoms with Crippen LogP contribution in [0.5, 0.6) is 0 Å². The van der Waals surface area contributed by atoms with Crippen LogP contribution in [-0.4, -0.2) is 9.55 Å². The van der Waals surface area contributed by atoms with Crippen molar-refractivity contribution >= 4 is 21.6 Å². The van der Waals surface area contributed by atoms with Crippen molar-refractivity contribution in [3.63, 3.8) is 0 Å². The van der Waals surface area contributed by atoms with Gasteiger partial charge in [0, 0.05) is 29.5 Å². The fraction of sp³-hybridized carbons (Fsp3) is 0.231. The lowest BCUT2D eigenvalue weighted by molar-refractivity contribution is 0.727. The SMILES string of the molecule is CCn1cc(NCc2ccc(Br)cn2)ccc1=O. The van der Waals surface area contributed by atoms with Gasteiger partial charge in [0.25, 0.3) is 5.56 Å².